The van der Waals surface area contributed by atoms with E-state index in [0.29, 0.717) is 0 Å². The van der Waals surface area contributed by atoms with Gasteiger partial charge in [-0.05, 0) is 45.2 Å². The van der Waals surface area contributed by atoms with Crippen molar-refractivity contribution in [1.82, 2.24) is 5.32 Å². The molecule has 0 aliphatic heterocycles. The van der Waals surface area contributed by atoms with Crippen LogP contribution in [0.1, 0.15) is 13.8 Å². The van der Waals surface area contributed by atoms with Crippen molar-refractivity contribution in [2.24, 2.45) is 0 Å². The summed E-state index contributed by atoms with van der Waals surface area (Å²) in [4.78, 5) is 2.29. The molecule has 0 unspecified atom stereocenters. The molecule has 0 aliphatic carbocycles. The Kier molecular flexibility index (Phi) is 4.17. The zero-order valence-electron chi connectivity index (χ0n) is 9.84. The minimum absolute atomic E-state index is 0.114. The molecule has 0 radical (unpaired) electrons. The molecule has 1 aromatic rings. The van der Waals surface area contributed by atoms with Crippen molar-refractivity contribution in [3.63, 3.8) is 0 Å². The Morgan fingerprint density at radius 3 is 2.27 bits per heavy atom. The van der Waals surface area contributed by atoms with Gasteiger partial charge in [0.2, 0.25) is 0 Å². The monoisotopic (exact) mass is 270 g/mol. The molecule has 84 valence electrons. The van der Waals surface area contributed by atoms with Gasteiger partial charge in [-0.15, -0.1) is 0 Å². The SMILES string of the molecule is CNCC(C)(C)N(C)c1ccc(Br)cc1. The van der Waals surface area contributed by atoms with Gasteiger partial charge in [-0.2, -0.15) is 0 Å². The first-order chi connectivity index (χ1) is 6.97. The van der Waals surface area contributed by atoms with Gasteiger partial charge < -0.3 is 10.2 Å². The first-order valence-electron chi connectivity index (χ1n) is 5.11. The lowest BCUT2D eigenvalue weighted by molar-refractivity contribution is 0.463. The fourth-order valence-corrected chi connectivity index (χ4v) is 1.83. The molecule has 0 aromatic heterocycles. The Hall–Kier alpha value is -0.540. The predicted octanol–water partition coefficient (Wildman–Crippen LogP) is 2.88. The lowest BCUT2D eigenvalue weighted by atomic mass is 10.0. The highest BCUT2D eigenvalue weighted by Crippen LogP contribution is 2.23. The maximum absolute atomic E-state index is 3.44. The van der Waals surface area contributed by atoms with Crippen LogP contribution in [0.15, 0.2) is 28.7 Å². The van der Waals surface area contributed by atoms with Crippen molar-refractivity contribution in [2.75, 3.05) is 25.5 Å². The fraction of sp³-hybridized carbons (Fsp3) is 0.500. The maximum Gasteiger partial charge on any atom is 0.0466 e. The normalized spacial score (nSPS) is 11.5. The molecule has 3 heteroatoms. The van der Waals surface area contributed by atoms with E-state index in [1.165, 1.54) is 5.69 Å². The van der Waals surface area contributed by atoms with Gasteiger partial charge in [-0.1, -0.05) is 15.9 Å². The molecule has 1 rings (SSSR count). The van der Waals surface area contributed by atoms with E-state index in [-0.39, 0.29) is 5.54 Å². The summed E-state index contributed by atoms with van der Waals surface area (Å²) < 4.78 is 1.12. The lowest BCUT2D eigenvalue weighted by Crippen LogP contribution is -2.48. The van der Waals surface area contributed by atoms with Gasteiger partial charge in [-0.3, -0.25) is 0 Å². The van der Waals surface area contributed by atoms with Crippen LogP contribution in [0.3, 0.4) is 0 Å². The minimum atomic E-state index is 0.114. The number of likely N-dealkylation sites (N-methyl/N-ethyl adjacent to an activating group) is 2. The number of hydrogen-bond acceptors (Lipinski definition) is 2. The summed E-state index contributed by atoms with van der Waals surface area (Å²) in [5.74, 6) is 0. The van der Waals surface area contributed by atoms with Gasteiger partial charge >= 0.3 is 0 Å². The first-order valence-corrected chi connectivity index (χ1v) is 5.90. The highest BCUT2D eigenvalue weighted by Gasteiger charge is 2.22. The zero-order valence-corrected chi connectivity index (χ0v) is 11.4. The molecule has 1 N–H and O–H groups in total. The summed E-state index contributed by atoms with van der Waals surface area (Å²) in [5, 5.41) is 3.22. The van der Waals surface area contributed by atoms with Crippen molar-refractivity contribution in [1.29, 1.82) is 0 Å². The summed E-state index contributed by atoms with van der Waals surface area (Å²) in [6.45, 7) is 5.41. The minimum Gasteiger partial charge on any atom is -0.368 e. The summed E-state index contributed by atoms with van der Waals surface area (Å²) in [5.41, 5.74) is 1.35. The van der Waals surface area contributed by atoms with Crippen LogP contribution in [-0.4, -0.2) is 26.2 Å². The second-order valence-corrected chi connectivity index (χ2v) is 5.29. The average Bonchev–Trinajstić information content (AvgIpc) is 2.18. The Balaban J connectivity index is 2.84. The Labute approximate surface area is 101 Å². The third-order valence-corrected chi connectivity index (χ3v) is 3.26. The van der Waals surface area contributed by atoms with Crippen LogP contribution in [-0.2, 0) is 0 Å². The molecule has 2 nitrogen and oxygen atoms in total. The number of benzene rings is 1. The summed E-state index contributed by atoms with van der Waals surface area (Å²) >= 11 is 3.44. The average molecular weight is 271 g/mol. The van der Waals surface area contributed by atoms with E-state index < -0.39 is 0 Å². The molecule has 1 aromatic carbocycles. The highest BCUT2D eigenvalue weighted by molar-refractivity contribution is 9.10. The van der Waals surface area contributed by atoms with Gasteiger partial charge in [0.1, 0.15) is 0 Å². The van der Waals surface area contributed by atoms with Gasteiger partial charge in [0.25, 0.3) is 0 Å². The number of rotatable bonds is 4. The molecule has 0 aliphatic rings. The zero-order chi connectivity index (χ0) is 11.5. The van der Waals surface area contributed by atoms with Crippen molar-refractivity contribution in [3.05, 3.63) is 28.7 Å². The topological polar surface area (TPSA) is 15.3 Å². The van der Waals surface area contributed by atoms with E-state index in [4.69, 9.17) is 0 Å². The molecule has 0 atom stereocenters. The number of hydrogen-bond donors (Lipinski definition) is 1. The van der Waals surface area contributed by atoms with Crippen LogP contribution in [0.4, 0.5) is 5.69 Å². The molecule has 0 spiro atoms. The lowest BCUT2D eigenvalue weighted by Gasteiger charge is -2.37. The molecular formula is C12H19BrN2. The van der Waals surface area contributed by atoms with Gasteiger partial charge in [0.15, 0.2) is 0 Å². The number of halogens is 1. The summed E-state index contributed by atoms with van der Waals surface area (Å²) in [7, 11) is 4.11. The van der Waals surface area contributed by atoms with E-state index in [9.17, 15) is 0 Å². The van der Waals surface area contributed by atoms with Crippen LogP contribution in [0, 0.1) is 0 Å². The molecule has 0 saturated carbocycles. The van der Waals surface area contributed by atoms with Crippen LogP contribution in [0.5, 0.6) is 0 Å². The molecule has 0 fully saturated rings. The molecule has 15 heavy (non-hydrogen) atoms. The predicted molar refractivity (Wildman–Crippen MR) is 70.6 cm³/mol. The first kappa shape index (κ1) is 12.5. The van der Waals surface area contributed by atoms with Gasteiger partial charge in [0, 0.05) is 29.3 Å². The molecule has 0 saturated heterocycles. The van der Waals surface area contributed by atoms with E-state index in [0.717, 1.165) is 11.0 Å². The van der Waals surface area contributed by atoms with Crippen LogP contribution in [0.25, 0.3) is 0 Å². The van der Waals surface area contributed by atoms with Gasteiger partial charge in [-0.25, -0.2) is 0 Å². The summed E-state index contributed by atoms with van der Waals surface area (Å²) in [6.07, 6.45) is 0. The second-order valence-electron chi connectivity index (χ2n) is 4.38. The van der Waals surface area contributed by atoms with E-state index in [1.54, 1.807) is 0 Å². The largest absolute Gasteiger partial charge is 0.368 e. The van der Waals surface area contributed by atoms with E-state index in [1.807, 2.05) is 7.05 Å². The molecular weight excluding hydrogens is 252 g/mol. The number of nitrogens with one attached hydrogen (secondary N) is 1. The number of nitrogens with zero attached hydrogens (tertiary/aromatic N) is 1. The number of anilines is 1. The van der Waals surface area contributed by atoms with Crippen LogP contribution < -0.4 is 10.2 Å². The molecule has 0 amide bonds. The highest BCUT2D eigenvalue weighted by atomic mass is 79.9. The van der Waals surface area contributed by atoms with Crippen LogP contribution >= 0.6 is 15.9 Å². The Morgan fingerprint density at radius 2 is 1.80 bits per heavy atom. The Bertz CT molecular complexity index is 306. The van der Waals surface area contributed by atoms with E-state index >= 15 is 0 Å². The van der Waals surface area contributed by atoms with Crippen molar-refractivity contribution >= 4 is 21.6 Å². The standard InChI is InChI=1S/C12H19BrN2/c1-12(2,9-14-3)15(4)11-7-5-10(13)6-8-11/h5-8,14H,9H2,1-4H3. The molecule has 0 heterocycles. The fourth-order valence-electron chi connectivity index (χ4n) is 1.57. The van der Waals surface area contributed by atoms with Crippen molar-refractivity contribution in [3.8, 4) is 0 Å². The molecule has 0 bridgehead atoms. The Morgan fingerprint density at radius 1 is 1.27 bits per heavy atom. The van der Waals surface area contributed by atoms with Gasteiger partial charge in [0.05, 0.1) is 0 Å². The quantitative estimate of drug-likeness (QED) is 0.905. The van der Waals surface area contributed by atoms with Crippen molar-refractivity contribution in [2.45, 2.75) is 19.4 Å². The van der Waals surface area contributed by atoms with Crippen LogP contribution in [0.2, 0.25) is 0 Å². The second kappa shape index (κ2) is 4.99. The van der Waals surface area contributed by atoms with Crippen molar-refractivity contribution < 1.29 is 0 Å². The third kappa shape index (κ3) is 3.21. The third-order valence-electron chi connectivity index (χ3n) is 2.73. The smallest absolute Gasteiger partial charge is 0.0466 e. The van der Waals surface area contributed by atoms with E-state index in [2.05, 4.69) is 71.3 Å². The summed E-state index contributed by atoms with van der Waals surface area (Å²) in [6, 6.07) is 8.39. The maximum atomic E-state index is 3.44.